The third-order valence-electron chi connectivity index (χ3n) is 4.24. The molecule has 1 fully saturated rings. The van der Waals surface area contributed by atoms with Gasteiger partial charge in [-0.05, 0) is 37.1 Å². The number of hydrogen-bond acceptors (Lipinski definition) is 4. The van der Waals surface area contributed by atoms with Crippen LogP contribution in [-0.4, -0.2) is 35.0 Å². The van der Waals surface area contributed by atoms with Crippen molar-refractivity contribution < 1.29 is 4.79 Å². The van der Waals surface area contributed by atoms with Crippen LogP contribution in [0.3, 0.4) is 0 Å². The van der Waals surface area contributed by atoms with Crippen LogP contribution in [0.4, 0.5) is 11.6 Å². The predicted octanol–water partition coefficient (Wildman–Crippen LogP) is 3.04. The van der Waals surface area contributed by atoms with Crippen molar-refractivity contribution >= 4 is 28.6 Å². The molecule has 3 aromatic heterocycles. The minimum atomic E-state index is 0.0655. The first kappa shape index (κ1) is 14.7. The van der Waals surface area contributed by atoms with E-state index in [1.807, 2.05) is 49.5 Å². The van der Waals surface area contributed by atoms with Gasteiger partial charge in [-0.1, -0.05) is 0 Å². The number of hydrogen-bond donors (Lipinski definition) is 2. The highest BCUT2D eigenvalue weighted by molar-refractivity contribution is 5.99. The first-order valence-electron chi connectivity index (χ1n) is 8.05. The maximum atomic E-state index is 11.9. The van der Waals surface area contributed by atoms with Crippen molar-refractivity contribution in [1.29, 1.82) is 0 Å². The van der Waals surface area contributed by atoms with E-state index in [4.69, 9.17) is 0 Å². The number of pyridine rings is 2. The largest absolute Gasteiger partial charge is 0.362 e. The van der Waals surface area contributed by atoms with E-state index in [1.54, 1.807) is 6.20 Å². The number of fused-ring (bicyclic) bond motifs is 1. The maximum absolute atomic E-state index is 11.9. The highest BCUT2D eigenvalue weighted by Gasteiger charge is 2.29. The van der Waals surface area contributed by atoms with E-state index in [-0.39, 0.29) is 11.8 Å². The fraction of sp³-hybridized carbons (Fsp3) is 0.278. The lowest BCUT2D eigenvalue weighted by molar-refractivity contribution is -0.117. The zero-order valence-corrected chi connectivity index (χ0v) is 13.7. The number of anilines is 2. The molecular weight excluding hydrogens is 302 g/mol. The first-order valence-corrected chi connectivity index (χ1v) is 8.05. The Morgan fingerprint density at radius 2 is 2.08 bits per heavy atom. The Bertz CT molecular complexity index is 911. The maximum Gasteiger partial charge on any atom is 0.228 e. The third kappa shape index (κ3) is 2.60. The highest BCUT2D eigenvalue weighted by Crippen LogP contribution is 2.34. The molecule has 0 unspecified atom stereocenters. The summed E-state index contributed by atoms with van der Waals surface area (Å²) in [6.45, 7) is 0. The summed E-state index contributed by atoms with van der Waals surface area (Å²) < 4.78 is 0. The minimum absolute atomic E-state index is 0.0655. The molecule has 0 radical (unpaired) electrons. The minimum Gasteiger partial charge on any atom is -0.362 e. The molecule has 6 nitrogen and oxygen atoms in total. The fourth-order valence-corrected chi connectivity index (χ4v) is 2.83. The van der Waals surface area contributed by atoms with Gasteiger partial charge < -0.3 is 15.2 Å². The molecule has 0 aliphatic heterocycles. The average Bonchev–Trinajstić information content (AvgIpc) is 3.35. The molecule has 0 spiro atoms. The molecule has 1 aliphatic carbocycles. The summed E-state index contributed by atoms with van der Waals surface area (Å²) in [5.74, 6) is 1.73. The van der Waals surface area contributed by atoms with E-state index in [0.29, 0.717) is 5.82 Å². The van der Waals surface area contributed by atoms with E-state index in [9.17, 15) is 4.79 Å². The van der Waals surface area contributed by atoms with Crippen LogP contribution >= 0.6 is 0 Å². The molecule has 6 heteroatoms. The fourth-order valence-electron chi connectivity index (χ4n) is 2.83. The van der Waals surface area contributed by atoms with E-state index >= 15 is 0 Å². The summed E-state index contributed by atoms with van der Waals surface area (Å²) in [6.07, 6.45) is 5.69. The molecule has 4 rings (SSSR count). The van der Waals surface area contributed by atoms with Crippen LogP contribution in [0.1, 0.15) is 12.8 Å². The van der Waals surface area contributed by atoms with Crippen LogP contribution in [0.25, 0.3) is 22.2 Å². The summed E-state index contributed by atoms with van der Waals surface area (Å²) in [7, 11) is 3.95. The van der Waals surface area contributed by atoms with Crippen LogP contribution in [-0.2, 0) is 4.79 Å². The van der Waals surface area contributed by atoms with Gasteiger partial charge in [0.25, 0.3) is 0 Å². The molecule has 0 aromatic carbocycles. The monoisotopic (exact) mass is 321 g/mol. The van der Waals surface area contributed by atoms with Crippen LogP contribution in [0, 0.1) is 5.92 Å². The lowest BCUT2D eigenvalue weighted by Crippen LogP contribution is -2.14. The van der Waals surface area contributed by atoms with Gasteiger partial charge in [-0.25, -0.2) is 9.97 Å². The molecule has 2 N–H and O–H groups in total. The van der Waals surface area contributed by atoms with E-state index < -0.39 is 0 Å². The number of rotatable bonds is 4. The lowest BCUT2D eigenvalue weighted by atomic mass is 10.1. The number of aromatic amines is 1. The smallest absolute Gasteiger partial charge is 0.228 e. The molecule has 0 saturated heterocycles. The molecule has 24 heavy (non-hydrogen) atoms. The van der Waals surface area contributed by atoms with Gasteiger partial charge in [-0.2, -0.15) is 0 Å². The van der Waals surface area contributed by atoms with Crippen LogP contribution in [0.2, 0.25) is 0 Å². The summed E-state index contributed by atoms with van der Waals surface area (Å²) in [6, 6.07) is 7.82. The second-order valence-electron chi connectivity index (χ2n) is 6.33. The van der Waals surface area contributed by atoms with E-state index in [1.165, 1.54) is 0 Å². The van der Waals surface area contributed by atoms with Gasteiger partial charge in [0.1, 0.15) is 17.3 Å². The van der Waals surface area contributed by atoms with Gasteiger partial charge in [0.05, 0.1) is 0 Å². The van der Waals surface area contributed by atoms with Gasteiger partial charge in [0.2, 0.25) is 5.91 Å². The zero-order chi connectivity index (χ0) is 16.7. The van der Waals surface area contributed by atoms with Crippen molar-refractivity contribution in [2.45, 2.75) is 12.8 Å². The average molecular weight is 321 g/mol. The summed E-state index contributed by atoms with van der Waals surface area (Å²) in [4.78, 5) is 26.1. The number of carbonyl (C=O) groups excluding carboxylic acids is 1. The van der Waals surface area contributed by atoms with Crippen molar-refractivity contribution in [3.63, 3.8) is 0 Å². The van der Waals surface area contributed by atoms with E-state index in [2.05, 4.69) is 20.3 Å². The summed E-state index contributed by atoms with van der Waals surface area (Å²) in [5, 5.41) is 3.89. The van der Waals surface area contributed by atoms with Crippen molar-refractivity contribution in [3.05, 3.63) is 36.7 Å². The Balaban J connectivity index is 1.72. The third-order valence-corrected chi connectivity index (χ3v) is 4.24. The SMILES string of the molecule is CN(C)c1ncccc1-c1c[nH]c2nc(NC(=O)C3CC3)ccc12. The zero-order valence-electron chi connectivity index (χ0n) is 13.7. The number of carbonyl (C=O) groups is 1. The highest BCUT2D eigenvalue weighted by atomic mass is 16.2. The van der Waals surface area contributed by atoms with Gasteiger partial charge in [-0.15, -0.1) is 0 Å². The van der Waals surface area contributed by atoms with Crippen molar-refractivity contribution in [2.75, 3.05) is 24.3 Å². The van der Waals surface area contributed by atoms with Gasteiger partial charge in [0.15, 0.2) is 0 Å². The second kappa shape index (κ2) is 5.63. The quantitative estimate of drug-likeness (QED) is 0.774. The first-order chi connectivity index (χ1) is 11.6. The number of nitrogens with zero attached hydrogens (tertiary/aromatic N) is 3. The van der Waals surface area contributed by atoms with Gasteiger partial charge >= 0.3 is 0 Å². The van der Waals surface area contributed by atoms with Gasteiger partial charge in [0, 0.05) is 48.9 Å². The van der Waals surface area contributed by atoms with Crippen molar-refractivity contribution in [2.24, 2.45) is 5.92 Å². The molecule has 1 amide bonds. The summed E-state index contributed by atoms with van der Waals surface area (Å²) in [5.41, 5.74) is 2.85. The van der Waals surface area contributed by atoms with Gasteiger partial charge in [-0.3, -0.25) is 4.79 Å². The molecule has 1 saturated carbocycles. The molecule has 122 valence electrons. The lowest BCUT2D eigenvalue weighted by Gasteiger charge is -2.15. The van der Waals surface area contributed by atoms with Crippen LogP contribution in [0.5, 0.6) is 0 Å². The molecule has 3 aromatic rings. The number of amides is 1. The topological polar surface area (TPSA) is 73.9 Å². The van der Waals surface area contributed by atoms with E-state index in [0.717, 1.165) is 40.8 Å². The molecule has 0 atom stereocenters. The van der Waals surface area contributed by atoms with Crippen LogP contribution in [0.15, 0.2) is 36.7 Å². The molecule has 3 heterocycles. The standard InChI is InChI=1S/C18H19N5O/c1-23(2)17-13(4-3-9-19-17)14-10-20-16-12(14)7-8-15(21-16)22-18(24)11-5-6-11/h3-4,7-11H,5-6H2,1-2H3,(H2,20,21,22,24). The predicted molar refractivity (Wildman–Crippen MR) is 95.0 cm³/mol. The molecular formula is C18H19N5O. The Hall–Kier alpha value is -2.89. The Kier molecular flexibility index (Phi) is 3.45. The Morgan fingerprint density at radius 1 is 1.25 bits per heavy atom. The second-order valence-corrected chi connectivity index (χ2v) is 6.33. The Labute approximate surface area is 139 Å². The molecule has 1 aliphatic rings. The van der Waals surface area contributed by atoms with Crippen LogP contribution < -0.4 is 10.2 Å². The van der Waals surface area contributed by atoms with Crippen molar-refractivity contribution in [3.8, 4) is 11.1 Å². The Morgan fingerprint density at radius 3 is 2.83 bits per heavy atom. The summed E-state index contributed by atoms with van der Waals surface area (Å²) >= 11 is 0. The van der Waals surface area contributed by atoms with Crippen molar-refractivity contribution in [1.82, 2.24) is 15.0 Å². The number of aromatic nitrogens is 3. The number of nitrogens with one attached hydrogen (secondary N) is 2. The number of H-pyrrole nitrogens is 1. The normalized spacial score (nSPS) is 13.9. The molecule has 0 bridgehead atoms.